The second-order valence-electron chi connectivity index (χ2n) is 8.96. The van der Waals surface area contributed by atoms with Crippen LogP contribution in [-0.2, 0) is 39.0 Å². The molecule has 4 heteroatoms. The first-order valence-electron chi connectivity index (χ1n) is 12.4. The zero-order valence-corrected chi connectivity index (χ0v) is 26.3. The normalized spacial score (nSPS) is 10.6. The van der Waals surface area contributed by atoms with E-state index in [1.165, 1.54) is 73.8 Å². The van der Waals surface area contributed by atoms with E-state index in [-0.39, 0.29) is 51.0 Å². The molecule has 6 rings (SSSR count). The van der Waals surface area contributed by atoms with Gasteiger partial charge in [-0.2, -0.15) is 35.5 Å². The molecule has 0 saturated carbocycles. The van der Waals surface area contributed by atoms with E-state index in [4.69, 9.17) is 0 Å². The van der Waals surface area contributed by atoms with Crippen LogP contribution in [0.2, 0.25) is 0 Å². The van der Waals surface area contributed by atoms with Crippen molar-refractivity contribution in [2.75, 3.05) is 0 Å². The zero-order valence-electron chi connectivity index (χ0n) is 21.3. The maximum absolute atomic E-state index is 3.31. The Morgan fingerprint density at radius 1 is 0.757 bits per heavy atom. The van der Waals surface area contributed by atoms with Crippen molar-refractivity contribution in [3.8, 4) is 22.3 Å². The van der Waals surface area contributed by atoms with Gasteiger partial charge in [-0.1, -0.05) is 103 Å². The molecular weight excluding hydrogens is 587 g/mol. The summed E-state index contributed by atoms with van der Waals surface area (Å²) < 4.78 is 0. The first kappa shape index (κ1) is 31.4. The molecule has 0 atom stereocenters. The molecule has 1 aliphatic heterocycles. The minimum Gasteiger partial charge on any atom is -1.00 e. The van der Waals surface area contributed by atoms with Gasteiger partial charge in [-0.15, -0.1) is 40.1 Å². The van der Waals surface area contributed by atoms with E-state index < -0.39 is 0 Å². The van der Waals surface area contributed by atoms with E-state index in [0.717, 1.165) is 15.9 Å². The fourth-order valence-electron chi connectivity index (χ4n) is 4.97. The molecule has 0 spiro atoms. The number of halogens is 2. The third kappa shape index (κ3) is 6.98. The monoisotopic (exact) mass is 614 g/mol. The average Bonchev–Trinajstić information content (AvgIpc) is 3.46. The molecule has 2 radical (unpaired) electrons. The Balaban J connectivity index is 0.000000261. The molecule has 0 aliphatic carbocycles. The molecular formula is C33H30Cl2SiZr. The summed E-state index contributed by atoms with van der Waals surface area (Å²) in [5.74, 6) is 0. The summed E-state index contributed by atoms with van der Waals surface area (Å²) in [4.78, 5) is 0. The molecule has 5 aromatic rings. The van der Waals surface area contributed by atoms with Gasteiger partial charge >= 0.3 is 26.2 Å². The smallest absolute Gasteiger partial charge is 1.00 e. The second-order valence-corrected chi connectivity index (χ2v) is 10.3. The van der Waals surface area contributed by atoms with Crippen LogP contribution < -0.4 is 35.2 Å². The molecule has 0 aromatic heterocycles. The summed E-state index contributed by atoms with van der Waals surface area (Å²) in [7, 11) is 0.795. The van der Waals surface area contributed by atoms with Crippen molar-refractivity contribution < 1.29 is 51.0 Å². The predicted octanol–water partition coefficient (Wildman–Crippen LogP) is 1.26. The number of rotatable bonds is 5. The fourth-order valence-corrected chi connectivity index (χ4v) is 6.28. The molecule has 0 fully saturated rings. The largest absolute Gasteiger partial charge is 4.00 e. The van der Waals surface area contributed by atoms with Crippen LogP contribution in [0.4, 0.5) is 0 Å². The summed E-state index contributed by atoms with van der Waals surface area (Å²) in [6.07, 6.45) is 4.72. The van der Waals surface area contributed by atoms with Crippen molar-refractivity contribution in [2.45, 2.75) is 39.5 Å². The Hall–Kier alpha value is -1.83. The van der Waals surface area contributed by atoms with Crippen LogP contribution >= 0.6 is 0 Å². The van der Waals surface area contributed by atoms with Gasteiger partial charge in [0.2, 0.25) is 0 Å². The average molecular weight is 617 g/mol. The van der Waals surface area contributed by atoms with Crippen molar-refractivity contribution in [1.29, 1.82) is 0 Å². The van der Waals surface area contributed by atoms with Crippen LogP contribution in [0.3, 0.4) is 0 Å². The van der Waals surface area contributed by atoms with E-state index in [0.29, 0.717) is 0 Å². The summed E-state index contributed by atoms with van der Waals surface area (Å²) in [6, 6.07) is 38.4. The van der Waals surface area contributed by atoms with Crippen LogP contribution in [0.25, 0.3) is 33.0 Å². The van der Waals surface area contributed by atoms with Crippen LogP contribution in [0, 0.1) is 6.07 Å². The van der Waals surface area contributed by atoms with Gasteiger partial charge in [0.15, 0.2) is 0 Å². The molecule has 0 saturated heterocycles. The minimum atomic E-state index is 0. The Kier molecular flexibility index (Phi) is 12.7. The first-order valence-corrected chi connectivity index (χ1v) is 13.4. The van der Waals surface area contributed by atoms with Gasteiger partial charge in [0.1, 0.15) is 0 Å². The number of fused-ring (bicyclic) bond motifs is 4. The van der Waals surface area contributed by atoms with Crippen molar-refractivity contribution in [3.63, 3.8) is 0 Å². The fraction of sp³-hybridized carbons (Fsp3) is 0.182. The van der Waals surface area contributed by atoms with Crippen LogP contribution in [0.1, 0.15) is 37.8 Å². The van der Waals surface area contributed by atoms with Gasteiger partial charge in [-0.05, 0) is 18.4 Å². The van der Waals surface area contributed by atoms with E-state index >= 15 is 0 Å². The molecule has 1 aliphatic rings. The quantitative estimate of drug-likeness (QED) is 0.202. The number of hydrogen-bond acceptors (Lipinski definition) is 0. The molecule has 0 nitrogen and oxygen atoms in total. The van der Waals surface area contributed by atoms with Gasteiger partial charge in [0.05, 0.1) is 9.52 Å². The SMILES string of the molecule is CCCc1cc2c(-c3ccccc3)c(CCC)ccc2[cH-]1.[Cl-].[Cl-].[Zr+4].[c-]1cccc2c1[Si]c1ccccc1-2. The van der Waals surface area contributed by atoms with Crippen molar-refractivity contribution in [2.24, 2.45) is 0 Å². The molecule has 0 unspecified atom stereocenters. The summed E-state index contributed by atoms with van der Waals surface area (Å²) >= 11 is 0. The minimum absolute atomic E-state index is 0. The molecule has 0 amide bonds. The van der Waals surface area contributed by atoms with Gasteiger partial charge in [-0.25, -0.2) is 0 Å². The summed E-state index contributed by atoms with van der Waals surface area (Å²) in [5.41, 5.74) is 8.50. The third-order valence-electron chi connectivity index (χ3n) is 6.49. The zero-order chi connectivity index (χ0) is 23.3. The van der Waals surface area contributed by atoms with Gasteiger partial charge in [0, 0.05) is 0 Å². The third-order valence-corrected chi connectivity index (χ3v) is 7.86. The Bertz CT molecular complexity index is 1370. The maximum atomic E-state index is 3.31. The van der Waals surface area contributed by atoms with Crippen LogP contribution in [0.5, 0.6) is 0 Å². The number of benzene rings is 4. The van der Waals surface area contributed by atoms with E-state index in [1.807, 2.05) is 6.07 Å². The molecule has 5 aromatic carbocycles. The van der Waals surface area contributed by atoms with Crippen LogP contribution in [-0.4, -0.2) is 9.52 Å². The summed E-state index contributed by atoms with van der Waals surface area (Å²) in [5, 5.41) is 5.64. The van der Waals surface area contributed by atoms with E-state index in [1.54, 1.807) is 0 Å². The maximum Gasteiger partial charge on any atom is 4.00 e. The second kappa shape index (κ2) is 14.9. The van der Waals surface area contributed by atoms with E-state index in [9.17, 15) is 0 Å². The Morgan fingerprint density at radius 3 is 2.22 bits per heavy atom. The molecule has 37 heavy (non-hydrogen) atoms. The Morgan fingerprint density at radius 2 is 1.46 bits per heavy atom. The first-order chi connectivity index (χ1) is 16.8. The van der Waals surface area contributed by atoms with E-state index in [2.05, 4.69) is 111 Å². The van der Waals surface area contributed by atoms with Crippen molar-refractivity contribution >= 4 is 30.7 Å². The number of hydrogen-bond donors (Lipinski definition) is 0. The number of aryl methyl sites for hydroxylation is 2. The van der Waals surface area contributed by atoms with Gasteiger partial charge in [0.25, 0.3) is 0 Å². The topological polar surface area (TPSA) is 0 Å². The van der Waals surface area contributed by atoms with Crippen molar-refractivity contribution in [3.05, 3.63) is 114 Å². The molecule has 1 heterocycles. The Labute approximate surface area is 256 Å². The predicted molar refractivity (Wildman–Crippen MR) is 149 cm³/mol. The molecule has 184 valence electrons. The summed E-state index contributed by atoms with van der Waals surface area (Å²) in [6.45, 7) is 4.50. The van der Waals surface area contributed by atoms with Gasteiger partial charge in [-0.3, -0.25) is 0 Å². The van der Waals surface area contributed by atoms with Gasteiger partial charge < -0.3 is 24.8 Å². The standard InChI is InChI=1S/C21H23.C12H7Si.2ClH.Zr/c1-3-8-16-14-19-13-12-17(9-4-2)21(20(19)15-16)18-10-6-5-7-11-18;1-3-7-11-9(5-1)10-6-2-4-8-12(10)13-11;;;/h5-7,10-15H,3-4,8-9H2,1-2H3;1-7H;2*1H;/q2*-1;;;+4/p-2. The molecule has 0 N–H and O–H groups in total. The molecule has 0 bridgehead atoms. The van der Waals surface area contributed by atoms with Crippen LogP contribution in [0.15, 0.2) is 97.1 Å². The van der Waals surface area contributed by atoms with Crippen molar-refractivity contribution in [1.82, 2.24) is 0 Å².